The number of nitrogens with one attached hydrogen (secondary N) is 1. The van der Waals surface area contributed by atoms with E-state index in [-0.39, 0.29) is 57.4 Å². The Bertz CT molecular complexity index is 1240. The van der Waals surface area contributed by atoms with Crippen LogP contribution in [0.2, 0.25) is 0 Å². The number of rotatable bonds is 2. The van der Waals surface area contributed by atoms with Gasteiger partial charge < -0.3 is 14.8 Å². The molecule has 0 radical (unpaired) electrons. The van der Waals surface area contributed by atoms with Crippen molar-refractivity contribution in [1.29, 1.82) is 0 Å². The van der Waals surface area contributed by atoms with Crippen LogP contribution in [0.4, 0.5) is 4.79 Å². The van der Waals surface area contributed by atoms with Crippen molar-refractivity contribution in [3.63, 3.8) is 0 Å². The van der Waals surface area contributed by atoms with Crippen LogP contribution in [-0.4, -0.2) is 29.8 Å². The number of carbonyl (C=O) groups excluding carboxylic acids is 3. The summed E-state index contributed by atoms with van der Waals surface area (Å²) in [5.74, 6) is -0.0684. The summed E-state index contributed by atoms with van der Waals surface area (Å²) >= 11 is 0. The van der Waals surface area contributed by atoms with E-state index in [1.807, 2.05) is 32.9 Å². The molecule has 0 aromatic rings. The lowest BCUT2D eigenvalue weighted by molar-refractivity contribution is -0.161. The molecule has 3 saturated carbocycles. The average molecular weight is 535 g/mol. The van der Waals surface area contributed by atoms with Crippen molar-refractivity contribution in [1.82, 2.24) is 5.32 Å². The van der Waals surface area contributed by atoms with Gasteiger partial charge in [0.25, 0.3) is 0 Å². The fourth-order valence-corrected chi connectivity index (χ4v) is 10.2. The Morgan fingerprint density at radius 3 is 2.36 bits per heavy atom. The summed E-state index contributed by atoms with van der Waals surface area (Å²) < 4.78 is 5.35. The molecule has 5 aliphatic carbocycles. The normalized spacial score (nSPS) is 43.8. The molecule has 6 nitrogen and oxygen atoms in total. The molecule has 0 aromatic heterocycles. The lowest BCUT2D eigenvalue weighted by Gasteiger charge is -2.69. The molecule has 6 heteroatoms. The van der Waals surface area contributed by atoms with Crippen LogP contribution in [-0.2, 0) is 14.3 Å². The van der Waals surface area contributed by atoms with Crippen LogP contribution in [0.5, 0.6) is 0 Å². The molecular weight excluding hydrogens is 488 g/mol. The predicted molar refractivity (Wildman–Crippen MR) is 150 cm³/mol. The summed E-state index contributed by atoms with van der Waals surface area (Å²) in [5.41, 5.74) is -0.787. The van der Waals surface area contributed by atoms with Crippen LogP contribution >= 0.6 is 0 Å². The second-order valence-corrected chi connectivity index (χ2v) is 15.2. The van der Waals surface area contributed by atoms with Gasteiger partial charge in [-0.25, -0.2) is 9.64 Å². The quantitative estimate of drug-likeness (QED) is 0.385. The van der Waals surface area contributed by atoms with E-state index in [2.05, 4.69) is 44.8 Å². The molecule has 0 heterocycles. The molecule has 7 atom stereocenters. The standard InChI is InChI=1S/C33H46N2O4/c1-10-39-27(38)35-33-15-13-28(2,3)18-20(33)25-22(36)17-24-30(6)19-21(34-9)26(37)29(4,5)23(30)11-12-31(24,7)32(25,8)14-16-33/h17,19-20,23,25H,10-16,18H2,1-8H3,(H,35,38)/t20?,23-,25?,30-,31+,32+,33-/m0/s1. The molecule has 1 amide bonds. The van der Waals surface area contributed by atoms with Crippen LogP contribution in [0.1, 0.15) is 100 Å². The molecule has 3 fully saturated rings. The van der Waals surface area contributed by atoms with Gasteiger partial charge in [0.1, 0.15) is 0 Å². The van der Waals surface area contributed by atoms with Gasteiger partial charge in [0.05, 0.1) is 13.2 Å². The number of nitrogens with zero attached hydrogens (tertiary/aromatic N) is 1. The summed E-state index contributed by atoms with van der Waals surface area (Å²) in [6, 6.07) is 0. The summed E-state index contributed by atoms with van der Waals surface area (Å²) in [6.45, 7) is 25.2. The van der Waals surface area contributed by atoms with E-state index in [1.54, 1.807) is 0 Å². The third-order valence-corrected chi connectivity index (χ3v) is 12.5. The number of hydrogen-bond acceptors (Lipinski definition) is 4. The maximum absolute atomic E-state index is 14.5. The minimum atomic E-state index is -0.662. The molecular formula is C33H46N2O4. The Morgan fingerprint density at radius 1 is 1.05 bits per heavy atom. The highest BCUT2D eigenvalue weighted by molar-refractivity contribution is 6.03. The van der Waals surface area contributed by atoms with Crippen molar-refractivity contribution in [2.24, 2.45) is 44.8 Å². The van der Waals surface area contributed by atoms with E-state index in [4.69, 9.17) is 11.3 Å². The third-order valence-electron chi connectivity index (χ3n) is 12.5. The van der Waals surface area contributed by atoms with Crippen molar-refractivity contribution in [3.05, 3.63) is 34.8 Å². The molecule has 39 heavy (non-hydrogen) atoms. The Morgan fingerprint density at radius 2 is 1.72 bits per heavy atom. The zero-order valence-corrected chi connectivity index (χ0v) is 25.1. The van der Waals surface area contributed by atoms with E-state index < -0.39 is 16.4 Å². The smallest absolute Gasteiger partial charge is 0.407 e. The number of carbonyl (C=O) groups is 3. The minimum absolute atomic E-state index is 0.0239. The summed E-state index contributed by atoms with van der Waals surface area (Å²) in [5, 5.41) is 3.30. The van der Waals surface area contributed by atoms with E-state index >= 15 is 0 Å². The lowest BCUT2D eigenvalue weighted by atomic mass is 9.35. The number of hydrogen-bond donors (Lipinski definition) is 1. The van der Waals surface area contributed by atoms with Crippen molar-refractivity contribution >= 4 is 17.7 Å². The molecule has 0 saturated heterocycles. The Balaban J connectivity index is 1.66. The second kappa shape index (κ2) is 8.54. The number of allylic oxidation sites excluding steroid dienone is 4. The largest absolute Gasteiger partial charge is 0.450 e. The summed E-state index contributed by atoms with van der Waals surface area (Å²) in [4.78, 5) is 44.2. The van der Waals surface area contributed by atoms with E-state index in [1.165, 1.54) is 0 Å². The zero-order chi connectivity index (χ0) is 28.8. The number of ether oxygens (including phenoxy) is 1. The topological polar surface area (TPSA) is 76.8 Å². The zero-order valence-electron chi connectivity index (χ0n) is 25.1. The number of fused-ring (bicyclic) bond motifs is 7. The van der Waals surface area contributed by atoms with E-state index in [0.29, 0.717) is 6.61 Å². The van der Waals surface area contributed by atoms with Gasteiger partial charge in [-0.2, -0.15) is 0 Å². The second-order valence-electron chi connectivity index (χ2n) is 15.2. The van der Waals surface area contributed by atoms with Gasteiger partial charge in [-0.15, -0.1) is 0 Å². The van der Waals surface area contributed by atoms with Crippen LogP contribution in [0, 0.1) is 51.4 Å². The Hall–Kier alpha value is -2.42. The van der Waals surface area contributed by atoms with Crippen molar-refractivity contribution in [2.75, 3.05) is 6.61 Å². The molecule has 5 aliphatic rings. The predicted octanol–water partition coefficient (Wildman–Crippen LogP) is 7.06. The summed E-state index contributed by atoms with van der Waals surface area (Å²) in [6.07, 6.45) is 9.62. The van der Waals surface area contributed by atoms with E-state index in [9.17, 15) is 14.4 Å². The van der Waals surface area contributed by atoms with Gasteiger partial charge in [0.2, 0.25) is 5.70 Å². The molecule has 1 N–H and O–H groups in total. The van der Waals surface area contributed by atoms with Gasteiger partial charge in [-0.3, -0.25) is 4.79 Å². The first kappa shape index (κ1) is 28.1. The maximum atomic E-state index is 14.5. The van der Waals surface area contributed by atoms with Gasteiger partial charge in [-0.05, 0) is 86.0 Å². The van der Waals surface area contributed by atoms with Gasteiger partial charge in [0, 0.05) is 22.3 Å². The highest BCUT2D eigenvalue weighted by Gasteiger charge is 2.70. The van der Waals surface area contributed by atoms with Gasteiger partial charge >= 0.3 is 6.09 Å². The Kier molecular flexibility index (Phi) is 6.16. The van der Waals surface area contributed by atoms with Crippen molar-refractivity contribution < 1.29 is 19.1 Å². The highest BCUT2D eigenvalue weighted by Crippen LogP contribution is 2.73. The molecule has 0 spiro atoms. The minimum Gasteiger partial charge on any atom is -0.450 e. The summed E-state index contributed by atoms with van der Waals surface area (Å²) in [7, 11) is 0. The van der Waals surface area contributed by atoms with Crippen LogP contribution in [0.15, 0.2) is 23.4 Å². The number of amides is 1. The monoisotopic (exact) mass is 534 g/mol. The van der Waals surface area contributed by atoms with Gasteiger partial charge in [0.15, 0.2) is 11.6 Å². The lowest BCUT2D eigenvalue weighted by Crippen LogP contribution is -2.69. The first-order valence-electron chi connectivity index (χ1n) is 14.9. The molecule has 5 rings (SSSR count). The fraction of sp³-hybridized carbons (Fsp3) is 0.758. The molecule has 0 aliphatic heterocycles. The fourth-order valence-electron chi connectivity index (χ4n) is 10.2. The van der Waals surface area contributed by atoms with Gasteiger partial charge in [-0.1, -0.05) is 60.1 Å². The number of alkyl carbamates (subject to hydrolysis) is 1. The van der Waals surface area contributed by atoms with Crippen LogP contribution in [0.25, 0.3) is 4.85 Å². The first-order chi connectivity index (χ1) is 18.0. The number of Topliss-reactive ketones (excluding diaryl/α,β-unsaturated/α-hetero) is 1. The highest BCUT2D eigenvalue weighted by atomic mass is 16.5. The molecule has 2 unspecified atom stereocenters. The van der Waals surface area contributed by atoms with Crippen molar-refractivity contribution in [3.8, 4) is 0 Å². The van der Waals surface area contributed by atoms with Crippen molar-refractivity contribution in [2.45, 2.75) is 106 Å². The van der Waals surface area contributed by atoms with Crippen LogP contribution < -0.4 is 5.32 Å². The average Bonchev–Trinajstić information content (AvgIpc) is 2.84. The molecule has 0 aromatic carbocycles. The SMILES string of the molecule is [C-]#[N+]C1=C[C@]2(C)C3=CC(=O)C4C5CC(C)(C)CC[C@]5(NC(=O)OCC)CC[C@@]4(C)[C@]3(C)CC[C@H]2C(C)(C)C1=O. The third kappa shape index (κ3) is 3.67. The van der Waals surface area contributed by atoms with E-state index in [0.717, 1.165) is 50.5 Å². The molecule has 212 valence electrons. The maximum Gasteiger partial charge on any atom is 0.407 e. The number of ketones is 2. The first-order valence-corrected chi connectivity index (χ1v) is 14.9. The van der Waals surface area contributed by atoms with Crippen LogP contribution in [0.3, 0.4) is 0 Å². The molecule has 0 bridgehead atoms. The Labute approximate surface area is 234 Å².